The molecule has 0 amide bonds. The van der Waals surface area contributed by atoms with Crippen LogP contribution in [0, 0.1) is 0 Å². The molecule has 1 N–H and O–H groups in total. The van der Waals surface area contributed by atoms with Gasteiger partial charge in [0.15, 0.2) is 0 Å². The second kappa shape index (κ2) is 7.24. The zero-order valence-corrected chi connectivity index (χ0v) is 17.9. The number of hydrogen-bond acceptors (Lipinski definition) is 3. The second-order valence-corrected chi connectivity index (χ2v) is 9.94. The Labute approximate surface area is 169 Å². The van der Waals surface area contributed by atoms with Crippen molar-refractivity contribution in [2.24, 2.45) is 0 Å². The van der Waals surface area contributed by atoms with Gasteiger partial charge < -0.3 is 5.32 Å². The van der Waals surface area contributed by atoms with Gasteiger partial charge in [-0.25, -0.2) is 8.42 Å². The van der Waals surface area contributed by atoms with E-state index < -0.39 is 10.0 Å². The van der Waals surface area contributed by atoms with Crippen LogP contribution in [0.2, 0.25) is 0 Å². The average molecular weight is 458 g/mol. The van der Waals surface area contributed by atoms with Crippen molar-refractivity contribution in [3.05, 3.63) is 52.0 Å². The molecule has 140 valence electrons. The summed E-state index contributed by atoms with van der Waals surface area (Å²) in [6, 6.07) is 12.1. The highest BCUT2D eigenvalue weighted by Crippen LogP contribution is 2.39. The van der Waals surface area contributed by atoms with Gasteiger partial charge in [0.2, 0.25) is 10.0 Å². The van der Waals surface area contributed by atoms with Crippen LogP contribution in [0.15, 0.2) is 45.8 Å². The van der Waals surface area contributed by atoms with Gasteiger partial charge in [0.25, 0.3) is 0 Å². The quantitative estimate of drug-likeness (QED) is 0.636. The minimum absolute atomic E-state index is 0. The maximum Gasteiger partial charge on any atom is 0.243 e. The minimum Gasteiger partial charge on any atom is -0.309 e. The molecule has 1 heterocycles. The predicted molar refractivity (Wildman–Crippen MR) is 110 cm³/mol. The van der Waals surface area contributed by atoms with E-state index in [4.69, 9.17) is 0 Å². The molecule has 1 saturated heterocycles. The number of piperazine rings is 1. The van der Waals surface area contributed by atoms with Crippen molar-refractivity contribution in [1.82, 2.24) is 9.62 Å². The van der Waals surface area contributed by atoms with Gasteiger partial charge in [0.05, 0.1) is 4.90 Å². The lowest BCUT2D eigenvalue weighted by Crippen LogP contribution is -2.55. The number of halogens is 2. The molecule has 0 saturated carbocycles. The van der Waals surface area contributed by atoms with Gasteiger partial charge >= 0.3 is 0 Å². The second-order valence-electron chi connectivity index (χ2n) is 7.09. The Morgan fingerprint density at radius 1 is 1.00 bits per heavy atom. The number of nitrogens with zero attached hydrogens (tertiary/aromatic N) is 1. The fourth-order valence-electron chi connectivity index (χ4n) is 3.94. The summed E-state index contributed by atoms with van der Waals surface area (Å²) in [6.07, 6.45) is 0.780. The zero-order chi connectivity index (χ0) is 17.8. The molecule has 2 aromatic carbocycles. The molecule has 2 unspecified atom stereocenters. The molecule has 26 heavy (non-hydrogen) atoms. The van der Waals surface area contributed by atoms with Crippen molar-refractivity contribution < 1.29 is 8.42 Å². The highest BCUT2D eigenvalue weighted by Gasteiger charge is 2.32. The summed E-state index contributed by atoms with van der Waals surface area (Å²) in [5.41, 5.74) is 4.67. The van der Waals surface area contributed by atoms with E-state index in [9.17, 15) is 8.42 Å². The number of nitrogens with one attached hydrogen (secondary N) is 1. The standard InChI is InChI=1S/C19H21BrN2O2S.ClH/c1-12-10-22(11-13(2)21-12)25(23,24)17-4-6-19-15(9-17)7-14-8-16(20)3-5-18(14)19;/h3-6,8-9,12-13,21H,7,10-11H2,1-2H3;1H. The Morgan fingerprint density at radius 3 is 2.23 bits per heavy atom. The third-order valence-corrected chi connectivity index (χ3v) is 7.30. The van der Waals surface area contributed by atoms with Crippen LogP contribution < -0.4 is 5.32 Å². The van der Waals surface area contributed by atoms with E-state index in [2.05, 4.69) is 33.4 Å². The van der Waals surface area contributed by atoms with Gasteiger partial charge in [-0.3, -0.25) is 0 Å². The molecule has 0 bridgehead atoms. The fraction of sp³-hybridized carbons (Fsp3) is 0.368. The van der Waals surface area contributed by atoms with Crippen LogP contribution in [0.25, 0.3) is 11.1 Å². The van der Waals surface area contributed by atoms with Crippen molar-refractivity contribution in [2.45, 2.75) is 37.2 Å². The molecule has 4 rings (SSSR count). The normalized spacial score (nSPS) is 22.4. The summed E-state index contributed by atoms with van der Waals surface area (Å²) in [4.78, 5) is 0.402. The predicted octanol–water partition coefficient (Wildman–Crippen LogP) is 3.81. The number of hydrogen-bond donors (Lipinski definition) is 1. The van der Waals surface area contributed by atoms with E-state index in [0.717, 1.165) is 22.0 Å². The third-order valence-electron chi connectivity index (χ3n) is 4.98. The van der Waals surface area contributed by atoms with Crippen LogP contribution in [0.4, 0.5) is 0 Å². The first kappa shape index (κ1) is 19.8. The molecule has 1 fully saturated rings. The monoisotopic (exact) mass is 456 g/mol. The Hall–Kier alpha value is -0.920. The first-order valence-corrected chi connectivity index (χ1v) is 10.8. The molecule has 0 radical (unpaired) electrons. The molecule has 1 aliphatic heterocycles. The van der Waals surface area contributed by atoms with E-state index in [1.54, 1.807) is 10.4 Å². The first-order valence-electron chi connectivity index (χ1n) is 8.52. The Kier molecular flexibility index (Phi) is 5.53. The van der Waals surface area contributed by atoms with Crippen molar-refractivity contribution in [3.63, 3.8) is 0 Å². The maximum absolute atomic E-state index is 13.1. The molecule has 2 aliphatic rings. The average Bonchev–Trinajstić information content (AvgIpc) is 2.90. The van der Waals surface area contributed by atoms with Crippen molar-refractivity contribution in [3.8, 4) is 11.1 Å². The molecular formula is C19H22BrClN2O2S. The van der Waals surface area contributed by atoms with Gasteiger partial charge in [-0.05, 0) is 66.8 Å². The summed E-state index contributed by atoms with van der Waals surface area (Å²) in [7, 11) is -3.46. The molecule has 4 nitrogen and oxygen atoms in total. The fourth-order valence-corrected chi connectivity index (χ4v) is 6.02. The molecule has 1 aliphatic carbocycles. The van der Waals surface area contributed by atoms with Gasteiger partial charge in [-0.2, -0.15) is 4.31 Å². The van der Waals surface area contributed by atoms with Crippen LogP contribution >= 0.6 is 28.3 Å². The minimum atomic E-state index is -3.46. The van der Waals surface area contributed by atoms with Crippen molar-refractivity contribution in [2.75, 3.05) is 13.1 Å². The summed E-state index contributed by atoms with van der Waals surface area (Å²) in [5, 5.41) is 3.38. The van der Waals surface area contributed by atoms with E-state index >= 15 is 0 Å². The van der Waals surface area contributed by atoms with Crippen LogP contribution in [-0.2, 0) is 16.4 Å². The summed E-state index contributed by atoms with van der Waals surface area (Å²) >= 11 is 3.51. The van der Waals surface area contributed by atoms with Crippen LogP contribution in [0.5, 0.6) is 0 Å². The smallest absolute Gasteiger partial charge is 0.243 e. The summed E-state index contributed by atoms with van der Waals surface area (Å²) in [5.74, 6) is 0. The molecule has 0 aromatic heterocycles. The van der Waals surface area contributed by atoms with Crippen LogP contribution in [-0.4, -0.2) is 37.9 Å². The Morgan fingerprint density at radius 2 is 1.58 bits per heavy atom. The molecule has 0 spiro atoms. The van der Waals surface area contributed by atoms with E-state index in [1.165, 1.54) is 11.1 Å². The van der Waals surface area contributed by atoms with E-state index in [-0.39, 0.29) is 24.5 Å². The topological polar surface area (TPSA) is 49.4 Å². The van der Waals surface area contributed by atoms with Crippen molar-refractivity contribution >= 4 is 38.4 Å². The maximum atomic E-state index is 13.1. The molecule has 7 heteroatoms. The van der Waals surface area contributed by atoms with Crippen molar-refractivity contribution in [1.29, 1.82) is 0 Å². The van der Waals surface area contributed by atoms with E-state index in [0.29, 0.717) is 18.0 Å². The van der Waals surface area contributed by atoms with Gasteiger partial charge in [-0.1, -0.05) is 28.1 Å². The highest BCUT2D eigenvalue weighted by atomic mass is 79.9. The number of sulfonamides is 1. The van der Waals surface area contributed by atoms with Gasteiger partial charge in [0.1, 0.15) is 0 Å². The Bertz CT molecular complexity index is 939. The SMILES string of the molecule is CC1CN(S(=O)(=O)c2ccc3c(c2)Cc2cc(Br)ccc2-3)CC(C)N1.Cl. The third kappa shape index (κ3) is 3.45. The largest absolute Gasteiger partial charge is 0.309 e. The molecular weight excluding hydrogens is 436 g/mol. The Balaban J connectivity index is 0.00000196. The highest BCUT2D eigenvalue weighted by molar-refractivity contribution is 9.10. The zero-order valence-electron chi connectivity index (χ0n) is 14.7. The lowest BCUT2D eigenvalue weighted by atomic mass is 10.1. The number of rotatable bonds is 2. The van der Waals surface area contributed by atoms with Gasteiger partial charge in [0, 0.05) is 29.6 Å². The molecule has 2 aromatic rings. The number of benzene rings is 2. The van der Waals surface area contributed by atoms with E-state index in [1.807, 2.05) is 32.0 Å². The summed E-state index contributed by atoms with van der Waals surface area (Å²) < 4.78 is 28.9. The van der Waals surface area contributed by atoms with Gasteiger partial charge in [-0.15, -0.1) is 12.4 Å². The lowest BCUT2D eigenvalue weighted by Gasteiger charge is -2.35. The van der Waals surface area contributed by atoms with Crippen LogP contribution in [0.3, 0.4) is 0 Å². The first-order chi connectivity index (χ1) is 11.8. The van der Waals surface area contributed by atoms with Crippen LogP contribution in [0.1, 0.15) is 25.0 Å². The number of fused-ring (bicyclic) bond motifs is 3. The summed E-state index contributed by atoms with van der Waals surface area (Å²) in [6.45, 7) is 5.07. The molecule has 2 atom stereocenters. The lowest BCUT2D eigenvalue weighted by molar-refractivity contribution is 0.263.